The zero-order chi connectivity index (χ0) is 18.1. The summed E-state index contributed by atoms with van der Waals surface area (Å²) < 4.78 is 6.35. The van der Waals surface area contributed by atoms with Crippen molar-refractivity contribution >= 4 is 44.7 Å². The molecule has 0 radical (unpaired) electrons. The van der Waals surface area contributed by atoms with E-state index in [1.807, 2.05) is 36.4 Å². The van der Waals surface area contributed by atoms with Crippen LogP contribution in [-0.2, 0) is 9.59 Å². The average Bonchev–Trinajstić information content (AvgIpc) is 3.27. The van der Waals surface area contributed by atoms with Crippen LogP contribution in [0.1, 0.15) is 6.42 Å². The Hall–Kier alpha value is -2.93. The Kier molecular flexibility index (Phi) is 4.30. The van der Waals surface area contributed by atoms with Crippen LogP contribution in [0.15, 0.2) is 48.0 Å². The van der Waals surface area contributed by atoms with Crippen molar-refractivity contribution in [2.24, 2.45) is 5.92 Å². The van der Waals surface area contributed by atoms with E-state index in [1.54, 1.807) is 23.6 Å². The number of thiazole rings is 1. The zero-order valence-corrected chi connectivity index (χ0v) is 15.0. The van der Waals surface area contributed by atoms with Gasteiger partial charge in [-0.2, -0.15) is 0 Å². The second-order valence-electron chi connectivity index (χ2n) is 6.10. The van der Waals surface area contributed by atoms with E-state index in [9.17, 15) is 9.59 Å². The summed E-state index contributed by atoms with van der Waals surface area (Å²) in [6, 6.07) is 12.9. The van der Waals surface area contributed by atoms with Gasteiger partial charge in [-0.1, -0.05) is 12.1 Å². The number of benzene rings is 2. The van der Waals surface area contributed by atoms with Gasteiger partial charge in [0.2, 0.25) is 11.8 Å². The highest BCUT2D eigenvalue weighted by atomic mass is 32.1. The first-order valence-corrected chi connectivity index (χ1v) is 9.11. The number of hydrogen-bond acceptors (Lipinski definition) is 5. The number of carbonyl (C=O) groups excluding carboxylic acids is 2. The standard InChI is InChI=1S/C19H17N3O3S/c1-25-16-5-3-2-4-15(16)22-10-12(8-18(22)23)19(24)21-13-6-7-14-17(9-13)26-11-20-14/h2-7,9,11-12H,8,10H2,1H3,(H,21,24)/t12-/m0/s1. The largest absolute Gasteiger partial charge is 0.495 e. The predicted molar refractivity (Wildman–Crippen MR) is 102 cm³/mol. The number of para-hydroxylation sites is 2. The quantitative estimate of drug-likeness (QED) is 0.768. The second kappa shape index (κ2) is 6.76. The molecule has 2 heterocycles. The van der Waals surface area contributed by atoms with E-state index in [4.69, 9.17) is 4.74 Å². The van der Waals surface area contributed by atoms with Crippen LogP contribution in [0.5, 0.6) is 5.75 Å². The van der Waals surface area contributed by atoms with E-state index in [-0.39, 0.29) is 18.2 Å². The van der Waals surface area contributed by atoms with Crippen molar-refractivity contribution in [3.05, 3.63) is 48.0 Å². The molecule has 1 saturated heterocycles. The molecular formula is C19H17N3O3S. The van der Waals surface area contributed by atoms with E-state index in [0.717, 1.165) is 15.9 Å². The summed E-state index contributed by atoms with van der Waals surface area (Å²) in [5, 5.41) is 2.92. The van der Waals surface area contributed by atoms with Gasteiger partial charge in [-0.15, -0.1) is 11.3 Å². The Bertz CT molecular complexity index is 985. The van der Waals surface area contributed by atoms with Gasteiger partial charge in [-0.25, -0.2) is 4.98 Å². The molecule has 3 aromatic rings. The van der Waals surface area contributed by atoms with Crippen molar-refractivity contribution in [3.63, 3.8) is 0 Å². The summed E-state index contributed by atoms with van der Waals surface area (Å²) in [7, 11) is 1.57. The molecule has 2 aromatic carbocycles. The SMILES string of the molecule is COc1ccccc1N1C[C@@H](C(=O)Nc2ccc3ncsc3c2)CC1=O. The highest BCUT2D eigenvalue weighted by Crippen LogP contribution is 2.33. The lowest BCUT2D eigenvalue weighted by Crippen LogP contribution is -2.28. The summed E-state index contributed by atoms with van der Waals surface area (Å²) in [6.07, 6.45) is 0.187. The summed E-state index contributed by atoms with van der Waals surface area (Å²) in [4.78, 5) is 30.9. The molecule has 0 spiro atoms. The Morgan fingerprint density at radius 2 is 2.15 bits per heavy atom. The lowest BCUT2D eigenvalue weighted by atomic mass is 10.1. The molecule has 6 nitrogen and oxygen atoms in total. The molecule has 1 aliphatic rings. The first kappa shape index (κ1) is 16.5. The van der Waals surface area contributed by atoms with Crippen molar-refractivity contribution in [3.8, 4) is 5.75 Å². The molecule has 0 saturated carbocycles. The third-order valence-electron chi connectivity index (χ3n) is 4.47. The third-order valence-corrected chi connectivity index (χ3v) is 5.26. The van der Waals surface area contributed by atoms with Crippen molar-refractivity contribution in [2.45, 2.75) is 6.42 Å². The van der Waals surface area contributed by atoms with Gasteiger partial charge in [0.1, 0.15) is 5.75 Å². The van der Waals surface area contributed by atoms with Gasteiger partial charge in [0.25, 0.3) is 0 Å². The molecule has 26 heavy (non-hydrogen) atoms. The molecule has 2 amide bonds. The Balaban J connectivity index is 1.50. The third kappa shape index (κ3) is 3.01. The molecule has 1 fully saturated rings. The van der Waals surface area contributed by atoms with Gasteiger partial charge in [-0.3, -0.25) is 9.59 Å². The molecule has 0 aliphatic carbocycles. The van der Waals surface area contributed by atoms with Crippen molar-refractivity contribution < 1.29 is 14.3 Å². The molecule has 132 valence electrons. The minimum absolute atomic E-state index is 0.0763. The summed E-state index contributed by atoms with van der Waals surface area (Å²) in [5.41, 5.74) is 4.10. The second-order valence-corrected chi connectivity index (χ2v) is 6.99. The topological polar surface area (TPSA) is 71.5 Å². The molecule has 1 aliphatic heterocycles. The van der Waals surface area contributed by atoms with E-state index in [1.165, 1.54) is 11.3 Å². The Labute approximate surface area is 154 Å². The maximum absolute atomic E-state index is 12.6. The maximum Gasteiger partial charge on any atom is 0.229 e. The molecule has 7 heteroatoms. The van der Waals surface area contributed by atoms with Crippen molar-refractivity contribution in [1.29, 1.82) is 0 Å². The highest BCUT2D eigenvalue weighted by molar-refractivity contribution is 7.16. The lowest BCUT2D eigenvalue weighted by molar-refractivity contribution is -0.122. The first-order valence-electron chi connectivity index (χ1n) is 8.23. The Morgan fingerprint density at radius 1 is 1.31 bits per heavy atom. The molecule has 1 aromatic heterocycles. The fourth-order valence-corrected chi connectivity index (χ4v) is 3.86. The summed E-state index contributed by atoms with van der Waals surface area (Å²) >= 11 is 1.52. The predicted octanol–water partition coefficient (Wildman–Crippen LogP) is 3.30. The Morgan fingerprint density at radius 3 is 3.00 bits per heavy atom. The van der Waals surface area contributed by atoms with Gasteiger partial charge >= 0.3 is 0 Å². The molecular weight excluding hydrogens is 350 g/mol. The number of nitrogens with one attached hydrogen (secondary N) is 1. The van der Waals surface area contributed by atoms with E-state index < -0.39 is 5.92 Å². The molecule has 0 bridgehead atoms. The monoisotopic (exact) mass is 367 g/mol. The average molecular weight is 367 g/mol. The van der Waals surface area contributed by atoms with E-state index in [2.05, 4.69) is 10.3 Å². The molecule has 1 atom stereocenters. The van der Waals surface area contributed by atoms with Crippen LogP contribution in [0, 0.1) is 5.92 Å². The minimum Gasteiger partial charge on any atom is -0.495 e. The maximum atomic E-state index is 12.6. The minimum atomic E-state index is -0.399. The number of ether oxygens (including phenoxy) is 1. The van der Waals surface area contributed by atoms with Gasteiger partial charge in [0.05, 0.1) is 34.4 Å². The summed E-state index contributed by atoms with van der Waals surface area (Å²) in [5.74, 6) is -0.00528. The van der Waals surface area contributed by atoms with Gasteiger partial charge in [0.15, 0.2) is 0 Å². The number of methoxy groups -OCH3 is 1. The normalized spacial score (nSPS) is 16.9. The van der Waals surface area contributed by atoms with Gasteiger partial charge in [0, 0.05) is 18.7 Å². The number of rotatable bonds is 4. The number of nitrogens with zero attached hydrogens (tertiary/aromatic N) is 2. The number of fused-ring (bicyclic) bond motifs is 1. The number of amides is 2. The van der Waals surface area contributed by atoms with Crippen LogP contribution in [0.4, 0.5) is 11.4 Å². The number of aromatic nitrogens is 1. The van der Waals surface area contributed by atoms with Crippen LogP contribution < -0.4 is 15.0 Å². The lowest BCUT2D eigenvalue weighted by Gasteiger charge is -2.19. The van der Waals surface area contributed by atoms with E-state index >= 15 is 0 Å². The van der Waals surface area contributed by atoms with E-state index in [0.29, 0.717) is 18.0 Å². The van der Waals surface area contributed by atoms with Crippen LogP contribution in [-0.4, -0.2) is 30.5 Å². The molecule has 1 N–H and O–H groups in total. The smallest absolute Gasteiger partial charge is 0.229 e. The summed E-state index contributed by atoms with van der Waals surface area (Å²) in [6.45, 7) is 0.341. The fraction of sp³-hybridized carbons (Fsp3) is 0.211. The first-order chi connectivity index (χ1) is 12.7. The van der Waals surface area contributed by atoms with Gasteiger partial charge in [-0.05, 0) is 30.3 Å². The molecule has 4 rings (SSSR count). The number of anilines is 2. The van der Waals surface area contributed by atoms with Crippen molar-refractivity contribution in [1.82, 2.24) is 4.98 Å². The number of hydrogen-bond donors (Lipinski definition) is 1. The fourth-order valence-electron chi connectivity index (χ4n) is 3.15. The van der Waals surface area contributed by atoms with Crippen LogP contribution in [0.3, 0.4) is 0 Å². The molecule has 0 unspecified atom stereocenters. The van der Waals surface area contributed by atoms with Crippen molar-refractivity contribution in [2.75, 3.05) is 23.9 Å². The van der Waals surface area contributed by atoms with Crippen LogP contribution in [0.25, 0.3) is 10.2 Å². The number of carbonyl (C=O) groups is 2. The zero-order valence-electron chi connectivity index (χ0n) is 14.1. The van der Waals surface area contributed by atoms with Crippen LogP contribution in [0.2, 0.25) is 0 Å². The van der Waals surface area contributed by atoms with Crippen LogP contribution >= 0.6 is 11.3 Å². The highest BCUT2D eigenvalue weighted by Gasteiger charge is 2.36. The van der Waals surface area contributed by atoms with Gasteiger partial charge < -0.3 is 15.0 Å².